The van der Waals surface area contributed by atoms with Crippen molar-refractivity contribution in [1.29, 1.82) is 0 Å². The summed E-state index contributed by atoms with van der Waals surface area (Å²) < 4.78 is 0. The Bertz CT molecular complexity index is 430. The van der Waals surface area contributed by atoms with Crippen LogP contribution in [0.2, 0.25) is 5.15 Å². The molecule has 0 radical (unpaired) electrons. The lowest BCUT2D eigenvalue weighted by Gasteiger charge is -2.26. The van der Waals surface area contributed by atoms with E-state index in [1.165, 1.54) is 32.1 Å². The lowest BCUT2D eigenvalue weighted by molar-refractivity contribution is 0.0702. The maximum atomic E-state index is 10.9. The van der Waals surface area contributed by atoms with Gasteiger partial charge in [0.2, 0.25) is 0 Å². The zero-order valence-corrected chi connectivity index (χ0v) is 11.9. The third-order valence-electron chi connectivity index (χ3n) is 3.35. The van der Waals surface area contributed by atoms with Gasteiger partial charge in [-0.2, -0.15) is 0 Å². The first-order chi connectivity index (χ1) is 8.58. The molecule has 1 saturated carbocycles. The van der Waals surface area contributed by atoms with Crippen LogP contribution in [0.1, 0.15) is 41.8 Å². The number of hydrogen-bond donors (Lipinski definition) is 1. The van der Waals surface area contributed by atoms with Gasteiger partial charge in [-0.1, -0.05) is 42.2 Å². The molecule has 0 aliphatic heterocycles. The second-order valence-corrected chi connectivity index (χ2v) is 6.14. The van der Waals surface area contributed by atoms with E-state index in [1.807, 2.05) is 11.9 Å². The van der Waals surface area contributed by atoms with Gasteiger partial charge in [0, 0.05) is 13.6 Å². The first-order valence-electron chi connectivity index (χ1n) is 6.18. The second kappa shape index (κ2) is 5.89. The number of rotatable bonds is 4. The Morgan fingerprint density at radius 2 is 2.17 bits per heavy atom. The maximum Gasteiger partial charge on any atom is 0.349 e. The lowest BCUT2D eigenvalue weighted by atomic mass is 9.89. The van der Waals surface area contributed by atoms with Crippen LogP contribution in [-0.4, -0.2) is 29.7 Å². The summed E-state index contributed by atoms with van der Waals surface area (Å²) in [5.41, 5.74) is 0. The zero-order valence-electron chi connectivity index (χ0n) is 10.4. The fraction of sp³-hybridized carbons (Fsp3) is 0.667. The molecular weight excluding hydrogens is 272 g/mol. The number of carboxylic acids is 1. The number of anilines is 1. The number of aromatic carboxylic acids is 1. The van der Waals surface area contributed by atoms with Crippen molar-refractivity contribution in [3.63, 3.8) is 0 Å². The van der Waals surface area contributed by atoms with Crippen LogP contribution in [0.4, 0.5) is 5.13 Å². The predicted molar refractivity (Wildman–Crippen MR) is 73.9 cm³/mol. The van der Waals surface area contributed by atoms with Crippen LogP contribution in [0.3, 0.4) is 0 Å². The highest BCUT2D eigenvalue weighted by molar-refractivity contribution is 7.18. The summed E-state index contributed by atoms with van der Waals surface area (Å²) in [6, 6.07) is 0. The first-order valence-corrected chi connectivity index (χ1v) is 7.38. The van der Waals surface area contributed by atoms with Crippen molar-refractivity contribution in [1.82, 2.24) is 4.98 Å². The maximum absolute atomic E-state index is 10.9. The van der Waals surface area contributed by atoms with Gasteiger partial charge in [0.25, 0.3) is 0 Å². The number of carboxylic acid groups (broad SMARTS) is 1. The van der Waals surface area contributed by atoms with Gasteiger partial charge < -0.3 is 10.0 Å². The summed E-state index contributed by atoms with van der Waals surface area (Å²) in [6.07, 6.45) is 6.46. The van der Waals surface area contributed by atoms with E-state index < -0.39 is 5.97 Å². The summed E-state index contributed by atoms with van der Waals surface area (Å²) in [5.74, 6) is -0.311. The molecular formula is C12H17ClN2O2S. The molecule has 0 amide bonds. The number of thiazole rings is 1. The topological polar surface area (TPSA) is 53.4 Å². The van der Waals surface area contributed by atoms with Gasteiger partial charge in [-0.25, -0.2) is 9.78 Å². The van der Waals surface area contributed by atoms with Crippen molar-refractivity contribution < 1.29 is 9.90 Å². The Balaban J connectivity index is 2.01. The summed E-state index contributed by atoms with van der Waals surface area (Å²) in [6.45, 7) is 0.933. The number of carbonyl (C=O) groups is 1. The largest absolute Gasteiger partial charge is 0.477 e. The second-order valence-electron chi connectivity index (χ2n) is 4.81. The van der Waals surface area contributed by atoms with E-state index in [4.69, 9.17) is 16.7 Å². The summed E-state index contributed by atoms with van der Waals surface area (Å²) in [4.78, 5) is 17.2. The fourth-order valence-electron chi connectivity index (χ4n) is 2.42. The van der Waals surface area contributed by atoms with E-state index >= 15 is 0 Å². The van der Waals surface area contributed by atoms with Crippen molar-refractivity contribution in [2.45, 2.75) is 32.1 Å². The van der Waals surface area contributed by atoms with Crippen LogP contribution in [0.25, 0.3) is 0 Å². The summed E-state index contributed by atoms with van der Waals surface area (Å²) in [7, 11) is 1.95. The minimum atomic E-state index is -1.00. The van der Waals surface area contributed by atoms with Gasteiger partial charge in [-0.3, -0.25) is 0 Å². The highest BCUT2D eigenvalue weighted by Crippen LogP contribution is 2.31. The molecule has 1 aliphatic rings. The fourth-order valence-corrected chi connectivity index (χ4v) is 3.52. The van der Waals surface area contributed by atoms with Crippen molar-refractivity contribution in [2.24, 2.45) is 5.92 Å². The molecule has 1 N–H and O–H groups in total. The Kier molecular flexibility index (Phi) is 4.45. The van der Waals surface area contributed by atoms with Crippen LogP contribution in [0, 0.1) is 5.92 Å². The van der Waals surface area contributed by atoms with Gasteiger partial charge in [0.1, 0.15) is 0 Å². The van der Waals surface area contributed by atoms with E-state index in [1.54, 1.807) is 0 Å². The minimum absolute atomic E-state index is 0.0954. The van der Waals surface area contributed by atoms with E-state index in [0.29, 0.717) is 11.0 Å². The lowest BCUT2D eigenvalue weighted by Crippen LogP contribution is -2.26. The molecule has 6 heteroatoms. The molecule has 0 bridgehead atoms. The molecule has 2 rings (SSSR count). The molecule has 0 spiro atoms. The average molecular weight is 289 g/mol. The number of aromatic nitrogens is 1. The van der Waals surface area contributed by atoms with Crippen molar-refractivity contribution in [3.05, 3.63) is 10.0 Å². The molecule has 1 heterocycles. The average Bonchev–Trinajstić information content (AvgIpc) is 2.73. The van der Waals surface area contributed by atoms with Crippen molar-refractivity contribution in [2.75, 3.05) is 18.5 Å². The quantitative estimate of drug-likeness (QED) is 0.921. The smallest absolute Gasteiger partial charge is 0.349 e. The monoisotopic (exact) mass is 288 g/mol. The molecule has 18 heavy (non-hydrogen) atoms. The molecule has 0 atom stereocenters. The summed E-state index contributed by atoms with van der Waals surface area (Å²) >= 11 is 6.97. The van der Waals surface area contributed by atoms with Crippen LogP contribution in [0.5, 0.6) is 0 Å². The highest BCUT2D eigenvalue weighted by Gasteiger charge is 2.20. The zero-order chi connectivity index (χ0) is 13.1. The Morgan fingerprint density at radius 1 is 1.50 bits per heavy atom. The molecule has 0 saturated heterocycles. The van der Waals surface area contributed by atoms with Crippen molar-refractivity contribution in [3.8, 4) is 0 Å². The standard InChI is InChI=1S/C12H17ClN2O2S/c1-15(7-8-5-3-2-4-6-8)12-14-10(13)9(18-12)11(16)17/h8H,2-7H2,1H3,(H,16,17). The van der Waals surface area contributed by atoms with Crippen LogP contribution in [-0.2, 0) is 0 Å². The predicted octanol–water partition coefficient (Wildman–Crippen LogP) is 3.51. The van der Waals surface area contributed by atoms with Gasteiger partial charge in [0.15, 0.2) is 15.2 Å². The van der Waals surface area contributed by atoms with Crippen LogP contribution >= 0.6 is 22.9 Å². The molecule has 0 unspecified atom stereocenters. The van der Waals surface area contributed by atoms with Crippen LogP contribution in [0.15, 0.2) is 0 Å². The highest BCUT2D eigenvalue weighted by atomic mass is 35.5. The van der Waals surface area contributed by atoms with E-state index in [2.05, 4.69) is 4.98 Å². The molecule has 0 aromatic carbocycles. The molecule has 1 fully saturated rings. The van der Waals surface area contributed by atoms with E-state index in [9.17, 15) is 4.79 Å². The van der Waals surface area contributed by atoms with Crippen molar-refractivity contribution >= 4 is 34.0 Å². The van der Waals surface area contributed by atoms with E-state index in [0.717, 1.165) is 17.9 Å². The summed E-state index contributed by atoms with van der Waals surface area (Å²) in [5, 5.41) is 9.74. The van der Waals surface area contributed by atoms with Crippen LogP contribution < -0.4 is 4.90 Å². The third-order valence-corrected chi connectivity index (χ3v) is 4.90. The molecule has 1 aromatic heterocycles. The molecule has 1 aromatic rings. The van der Waals surface area contributed by atoms with Gasteiger partial charge in [-0.15, -0.1) is 0 Å². The molecule has 1 aliphatic carbocycles. The van der Waals surface area contributed by atoms with Gasteiger partial charge in [0.05, 0.1) is 0 Å². The SMILES string of the molecule is CN(CC1CCCCC1)c1nc(Cl)c(C(=O)O)s1. The molecule has 100 valence electrons. The normalized spacial score (nSPS) is 16.8. The Hall–Kier alpha value is -0.810. The number of hydrogen-bond acceptors (Lipinski definition) is 4. The number of nitrogens with zero attached hydrogens (tertiary/aromatic N) is 2. The molecule has 4 nitrogen and oxygen atoms in total. The van der Waals surface area contributed by atoms with E-state index in [-0.39, 0.29) is 10.0 Å². The van der Waals surface area contributed by atoms with Gasteiger partial charge in [-0.05, 0) is 18.8 Å². The minimum Gasteiger partial charge on any atom is -0.477 e. The Labute approximate surface area is 116 Å². The number of halogens is 1. The third kappa shape index (κ3) is 3.14. The van der Waals surface area contributed by atoms with Gasteiger partial charge >= 0.3 is 5.97 Å². The first kappa shape index (κ1) is 13.6. The Morgan fingerprint density at radius 3 is 2.72 bits per heavy atom.